The lowest BCUT2D eigenvalue weighted by Crippen LogP contribution is -2.48. The molecule has 5 nitrogen and oxygen atoms in total. The highest BCUT2D eigenvalue weighted by molar-refractivity contribution is 7.09. The summed E-state index contributed by atoms with van der Waals surface area (Å²) in [5.74, 6) is 0.818. The summed E-state index contributed by atoms with van der Waals surface area (Å²) >= 11 is 1.65. The Morgan fingerprint density at radius 2 is 1.96 bits per heavy atom. The van der Waals surface area contributed by atoms with E-state index in [2.05, 4.69) is 18.8 Å². The quantitative estimate of drug-likeness (QED) is 0.784. The predicted molar refractivity (Wildman–Crippen MR) is 104 cm³/mol. The fraction of sp³-hybridized carbons (Fsp3) is 0.750. The molecule has 1 saturated heterocycles. The summed E-state index contributed by atoms with van der Waals surface area (Å²) < 4.78 is 0. The molecule has 2 aliphatic rings. The minimum Gasteiger partial charge on any atom is -0.338 e. The maximum Gasteiger partial charge on any atom is 0.245 e. The molecule has 3 rings (SSSR count). The third-order valence-electron chi connectivity index (χ3n) is 5.61. The zero-order valence-corrected chi connectivity index (χ0v) is 17.1. The number of likely N-dealkylation sites (tertiary alicyclic amines) is 1. The van der Waals surface area contributed by atoms with Gasteiger partial charge in [-0.25, -0.2) is 4.98 Å². The van der Waals surface area contributed by atoms with Crippen LogP contribution in [0.5, 0.6) is 0 Å². The van der Waals surface area contributed by atoms with Crippen LogP contribution in [0.3, 0.4) is 0 Å². The SMILES string of the molecule is CC(C)c1nc(CN(C)C(=O)[C@@H]2CCCN2C(=O)C2CCCCC2)cs1. The Hall–Kier alpha value is -1.43. The van der Waals surface area contributed by atoms with Gasteiger partial charge in [0.2, 0.25) is 11.8 Å². The molecule has 1 saturated carbocycles. The van der Waals surface area contributed by atoms with Crippen molar-refractivity contribution in [3.63, 3.8) is 0 Å². The molecule has 1 aromatic heterocycles. The second kappa shape index (κ2) is 8.51. The third kappa shape index (κ3) is 4.27. The van der Waals surface area contributed by atoms with Crippen LogP contribution in [0.4, 0.5) is 0 Å². The van der Waals surface area contributed by atoms with Gasteiger partial charge in [-0.05, 0) is 25.7 Å². The fourth-order valence-electron chi connectivity index (χ4n) is 4.11. The van der Waals surface area contributed by atoms with Crippen LogP contribution in [0.1, 0.15) is 75.4 Å². The fourth-order valence-corrected chi connectivity index (χ4v) is 4.93. The molecule has 1 aliphatic carbocycles. The van der Waals surface area contributed by atoms with Crippen molar-refractivity contribution in [3.8, 4) is 0 Å². The number of carbonyl (C=O) groups is 2. The van der Waals surface area contributed by atoms with Crippen molar-refractivity contribution in [2.24, 2.45) is 5.92 Å². The van der Waals surface area contributed by atoms with Crippen molar-refractivity contribution in [1.29, 1.82) is 0 Å². The van der Waals surface area contributed by atoms with E-state index >= 15 is 0 Å². The highest BCUT2D eigenvalue weighted by Gasteiger charge is 2.38. The average Bonchev–Trinajstić information content (AvgIpc) is 3.30. The van der Waals surface area contributed by atoms with Gasteiger partial charge in [0, 0.05) is 30.8 Å². The molecule has 2 amide bonds. The third-order valence-corrected chi connectivity index (χ3v) is 6.81. The van der Waals surface area contributed by atoms with Crippen molar-refractivity contribution < 1.29 is 9.59 Å². The van der Waals surface area contributed by atoms with Crippen molar-refractivity contribution in [1.82, 2.24) is 14.8 Å². The van der Waals surface area contributed by atoms with Crippen molar-refractivity contribution >= 4 is 23.2 Å². The molecule has 1 aliphatic heterocycles. The molecule has 0 N–H and O–H groups in total. The summed E-state index contributed by atoms with van der Waals surface area (Å²) in [5.41, 5.74) is 0.942. The van der Waals surface area contributed by atoms with Crippen LogP contribution in [-0.2, 0) is 16.1 Å². The highest BCUT2D eigenvalue weighted by Crippen LogP contribution is 2.29. The molecule has 2 heterocycles. The number of likely N-dealkylation sites (N-methyl/N-ethyl adjacent to an activating group) is 1. The lowest BCUT2D eigenvalue weighted by atomic mass is 9.88. The van der Waals surface area contributed by atoms with Gasteiger partial charge in [0.1, 0.15) is 6.04 Å². The molecular formula is C20H31N3O2S. The van der Waals surface area contributed by atoms with E-state index < -0.39 is 0 Å². The molecular weight excluding hydrogens is 346 g/mol. The first-order chi connectivity index (χ1) is 12.5. The van der Waals surface area contributed by atoms with Gasteiger partial charge in [0.05, 0.1) is 17.2 Å². The Balaban J connectivity index is 1.62. The van der Waals surface area contributed by atoms with Crippen molar-refractivity contribution in [2.75, 3.05) is 13.6 Å². The number of aromatic nitrogens is 1. The molecule has 0 spiro atoms. The number of thiazole rings is 1. The number of carbonyl (C=O) groups excluding carboxylic acids is 2. The molecule has 0 bridgehead atoms. The van der Waals surface area contributed by atoms with Gasteiger partial charge in [0.25, 0.3) is 0 Å². The van der Waals surface area contributed by atoms with E-state index in [1.807, 2.05) is 17.3 Å². The van der Waals surface area contributed by atoms with E-state index in [1.165, 1.54) is 6.42 Å². The Morgan fingerprint density at radius 3 is 2.62 bits per heavy atom. The normalized spacial score (nSPS) is 21.4. The van der Waals surface area contributed by atoms with E-state index in [4.69, 9.17) is 0 Å². The van der Waals surface area contributed by atoms with Crippen LogP contribution < -0.4 is 0 Å². The minimum atomic E-state index is -0.280. The topological polar surface area (TPSA) is 53.5 Å². The lowest BCUT2D eigenvalue weighted by Gasteiger charge is -2.31. The van der Waals surface area contributed by atoms with E-state index in [-0.39, 0.29) is 23.8 Å². The molecule has 2 fully saturated rings. The molecule has 1 aromatic rings. The second-order valence-electron chi connectivity index (χ2n) is 8.05. The van der Waals surface area contributed by atoms with Crippen LogP contribution in [-0.4, -0.2) is 46.2 Å². The molecule has 0 radical (unpaired) electrons. The van der Waals surface area contributed by atoms with Gasteiger partial charge in [-0.3, -0.25) is 9.59 Å². The Morgan fingerprint density at radius 1 is 1.23 bits per heavy atom. The molecule has 6 heteroatoms. The first-order valence-corrected chi connectivity index (χ1v) is 10.8. The zero-order chi connectivity index (χ0) is 18.7. The second-order valence-corrected chi connectivity index (χ2v) is 8.94. The standard InChI is InChI=1S/C20H31N3O2S/c1-14(2)18-21-16(13-26-18)12-22(3)20(25)17-10-7-11-23(17)19(24)15-8-5-4-6-9-15/h13-15,17H,4-12H2,1-3H3/t17-/m0/s1. The summed E-state index contributed by atoms with van der Waals surface area (Å²) in [7, 11) is 1.83. The van der Waals surface area contributed by atoms with Gasteiger partial charge in [-0.1, -0.05) is 33.1 Å². The molecule has 26 heavy (non-hydrogen) atoms. The number of rotatable bonds is 5. The van der Waals surface area contributed by atoms with Gasteiger partial charge in [-0.2, -0.15) is 0 Å². The predicted octanol–water partition coefficient (Wildman–Crippen LogP) is 3.80. The van der Waals surface area contributed by atoms with Crippen LogP contribution in [0.15, 0.2) is 5.38 Å². The van der Waals surface area contributed by atoms with E-state index in [1.54, 1.807) is 16.2 Å². The largest absolute Gasteiger partial charge is 0.338 e. The van der Waals surface area contributed by atoms with Crippen molar-refractivity contribution in [2.45, 2.75) is 77.3 Å². The summed E-state index contributed by atoms with van der Waals surface area (Å²) in [6.45, 7) is 5.51. The van der Waals surface area contributed by atoms with Crippen LogP contribution >= 0.6 is 11.3 Å². The van der Waals surface area contributed by atoms with Gasteiger partial charge in [0.15, 0.2) is 0 Å². The minimum absolute atomic E-state index is 0.0609. The molecule has 0 aromatic carbocycles. The van der Waals surface area contributed by atoms with Crippen LogP contribution in [0.25, 0.3) is 0 Å². The Kier molecular flexibility index (Phi) is 6.33. The summed E-state index contributed by atoms with van der Waals surface area (Å²) in [6, 6.07) is -0.280. The number of amides is 2. The summed E-state index contributed by atoms with van der Waals surface area (Å²) in [6.07, 6.45) is 7.22. The summed E-state index contributed by atoms with van der Waals surface area (Å²) in [4.78, 5) is 34.2. The van der Waals surface area contributed by atoms with Crippen LogP contribution in [0, 0.1) is 5.92 Å². The Bertz CT molecular complexity index is 637. The molecule has 0 unspecified atom stereocenters. The first kappa shape index (κ1) is 19.3. The van der Waals surface area contributed by atoms with Gasteiger partial charge in [-0.15, -0.1) is 11.3 Å². The molecule has 144 valence electrons. The average molecular weight is 378 g/mol. The lowest BCUT2D eigenvalue weighted by molar-refractivity contribution is -0.146. The maximum atomic E-state index is 13.0. The van der Waals surface area contributed by atoms with E-state index in [0.29, 0.717) is 12.5 Å². The smallest absolute Gasteiger partial charge is 0.245 e. The van der Waals surface area contributed by atoms with Crippen molar-refractivity contribution in [3.05, 3.63) is 16.1 Å². The van der Waals surface area contributed by atoms with E-state index in [0.717, 1.165) is 55.8 Å². The molecule has 1 atom stereocenters. The monoisotopic (exact) mass is 377 g/mol. The number of nitrogens with zero attached hydrogens (tertiary/aromatic N) is 3. The zero-order valence-electron chi connectivity index (χ0n) is 16.2. The summed E-state index contributed by atoms with van der Waals surface area (Å²) in [5, 5.41) is 3.15. The Labute approximate surface area is 160 Å². The maximum absolute atomic E-state index is 13.0. The van der Waals surface area contributed by atoms with Gasteiger partial charge < -0.3 is 9.80 Å². The number of hydrogen-bond donors (Lipinski definition) is 0. The number of hydrogen-bond acceptors (Lipinski definition) is 4. The highest BCUT2D eigenvalue weighted by atomic mass is 32.1. The van der Waals surface area contributed by atoms with E-state index in [9.17, 15) is 9.59 Å². The van der Waals surface area contributed by atoms with Crippen LogP contribution in [0.2, 0.25) is 0 Å². The first-order valence-electron chi connectivity index (χ1n) is 9.97. The van der Waals surface area contributed by atoms with Gasteiger partial charge >= 0.3 is 0 Å².